The van der Waals surface area contributed by atoms with E-state index in [1.165, 1.54) is 0 Å². The molecule has 3 aromatic rings. The van der Waals surface area contributed by atoms with E-state index >= 15 is 0 Å². The molecule has 3 nitrogen and oxygen atoms in total. The van der Waals surface area contributed by atoms with Crippen LogP contribution in [-0.4, -0.2) is 14.5 Å². The molecule has 0 bridgehead atoms. The monoisotopic (exact) mass is 330 g/mol. The van der Waals surface area contributed by atoms with Crippen molar-refractivity contribution in [1.29, 1.82) is 0 Å². The Labute approximate surface area is 126 Å². The fourth-order valence-electron chi connectivity index (χ4n) is 2.39. The molecule has 4 heteroatoms. The Morgan fingerprint density at radius 3 is 2.50 bits per heavy atom. The minimum Gasteiger partial charge on any atom is -0.387 e. The second-order valence-corrected chi connectivity index (χ2v) is 5.88. The van der Waals surface area contributed by atoms with Crippen molar-refractivity contribution in [2.75, 3.05) is 0 Å². The lowest BCUT2D eigenvalue weighted by atomic mass is 10.1. The molecule has 1 atom stereocenters. The SMILES string of the molecule is Cc1ccc2nc(-c3ccc(Br)cc3)c(C(C)O)n2c1. The van der Waals surface area contributed by atoms with Gasteiger partial charge in [0.05, 0.1) is 17.5 Å². The predicted molar refractivity (Wildman–Crippen MR) is 83.7 cm³/mol. The first-order chi connectivity index (χ1) is 9.56. The zero-order valence-electron chi connectivity index (χ0n) is 11.3. The van der Waals surface area contributed by atoms with Crippen molar-refractivity contribution >= 4 is 21.6 Å². The third-order valence-corrected chi connectivity index (χ3v) is 3.85. The highest BCUT2D eigenvalue weighted by molar-refractivity contribution is 9.10. The van der Waals surface area contributed by atoms with Gasteiger partial charge in [-0.1, -0.05) is 34.1 Å². The minimum atomic E-state index is -0.578. The molecule has 2 aromatic heterocycles. The van der Waals surface area contributed by atoms with Gasteiger partial charge in [0.2, 0.25) is 0 Å². The maximum absolute atomic E-state index is 10.1. The summed E-state index contributed by atoms with van der Waals surface area (Å²) in [4.78, 5) is 4.66. The zero-order valence-corrected chi connectivity index (χ0v) is 12.9. The molecule has 0 fully saturated rings. The van der Waals surface area contributed by atoms with Crippen LogP contribution in [0.25, 0.3) is 16.9 Å². The van der Waals surface area contributed by atoms with Gasteiger partial charge in [-0.25, -0.2) is 4.98 Å². The number of imidazole rings is 1. The second kappa shape index (κ2) is 5.04. The van der Waals surface area contributed by atoms with Crippen LogP contribution >= 0.6 is 15.9 Å². The fraction of sp³-hybridized carbons (Fsp3) is 0.188. The van der Waals surface area contributed by atoms with E-state index in [9.17, 15) is 5.11 Å². The molecular weight excluding hydrogens is 316 g/mol. The number of aromatic nitrogens is 2. The topological polar surface area (TPSA) is 37.5 Å². The van der Waals surface area contributed by atoms with E-state index in [1.54, 1.807) is 6.92 Å². The first-order valence-electron chi connectivity index (χ1n) is 6.49. The van der Waals surface area contributed by atoms with Crippen LogP contribution in [0, 0.1) is 6.92 Å². The maximum Gasteiger partial charge on any atom is 0.137 e. The van der Waals surface area contributed by atoms with Crippen LogP contribution in [0.3, 0.4) is 0 Å². The van der Waals surface area contributed by atoms with Gasteiger partial charge in [0.1, 0.15) is 5.65 Å². The lowest BCUT2D eigenvalue weighted by molar-refractivity contribution is 0.194. The summed E-state index contributed by atoms with van der Waals surface area (Å²) < 4.78 is 3.00. The molecule has 3 rings (SSSR count). The Kier molecular flexibility index (Phi) is 3.36. The summed E-state index contributed by atoms with van der Waals surface area (Å²) >= 11 is 3.43. The third-order valence-electron chi connectivity index (χ3n) is 3.32. The fourth-order valence-corrected chi connectivity index (χ4v) is 2.65. The Morgan fingerprint density at radius 2 is 1.85 bits per heavy atom. The van der Waals surface area contributed by atoms with Gasteiger partial charge in [-0.3, -0.25) is 0 Å². The standard InChI is InChI=1S/C16H15BrN2O/c1-10-3-8-14-18-15(12-4-6-13(17)7-5-12)16(11(2)20)19(14)9-10/h3-9,11,20H,1-2H3. The van der Waals surface area contributed by atoms with Crippen LogP contribution < -0.4 is 0 Å². The highest BCUT2D eigenvalue weighted by atomic mass is 79.9. The highest BCUT2D eigenvalue weighted by Crippen LogP contribution is 2.30. The predicted octanol–water partition coefficient (Wildman–Crippen LogP) is 4.13. The average molecular weight is 331 g/mol. The molecule has 20 heavy (non-hydrogen) atoms. The minimum absolute atomic E-state index is 0.578. The molecule has 0 spiro atoms. The number of aryl methyl sites for hydroxylation is 1. The number of fused-ring (bicyclic) bond motifs is 1. The van der Waals surface area contributed by atoms with Crippen LogP contribution in [-0.2, 0) is 0 Å². The molecular formula is C16H15BrN2O. The van der Waals surface area contributed by atoms with Crippen molar-refractivity contribution in [3.05, 3.63) is 58.3 Å². The molecule has 102 valence electrons. The lowest BCUT2D eigenvalue weighted by Gasteiger charge is -2.08. The summed E-state index contributed by atoms with van der Waals surface area (Å²) in [6.45, 7) is 3.80. The van der Waals surface area contributed by atoms with Gasteiger partial charge < -0.3 is 9.51 Å². The molecule has 0 radical (unpaired) electrons. The van der Waals surface area contributed by atoms with E-state index in [-0.39, 0.29) is 0 Å². The van der Waals surface area contributed by atoms with Crippen molar-refractivity contribution in [1.82, 2.24) is 9.38 Å². The van der Waals surface area contributed by atoms with Gasteiger partial charge in [0.25, 0.3) is 0 Å². The van der Waals surface area contributed by atoms with Gasteiger partial charge in [-0.05, 0) is 37.6 Å². The molecule has 0 aliphatic heterocycles. The Bertz CT molecular complexity index is 760. The first-order valence-corrected chi connectivity index (χ1v) is 7.28. The van der Waals surface area contributed by atoms with Gasteiger partial charge in [0.15, 0.2) is 0 Å². The smallest absolute Gasteiger partial charge is 0.137 e. The van der Waals surface area contributed by atoms with E-state index in [0.717, 1.165) is 32.6 Å². The van der Waals surface area contributed by atoms with Gasteiger partial charge >= 0.3 is 0 Å². The molecule has 1 unspecified atom stereocenters. The number of hydrogen-bond donors (Lipinski definition) is 1. The summed E-state index contributed by atoms with van der Waals surface area (Å²) in [7, 11) is 0. The van der Waals surface area contributed by atoms with Gasteiger partial charge in [0, 0.05) is 16.2 Å². The normalized spacial score (nSPS) is 12.8. The Hall–Kier alpha value is -1.65. The van der Waals surface area contributed by atoms with Crippen LogP contribution in [0.15, 0.2) is 47.1 Å². The number of nitrogens with zero attached hydrogens (tertiary/aromatic N) is 2. The Balaban J connectivity index is 2.29. The van der Waals surface area contributed by atoms with Crippen molar-refractivity contribution < 1.29 is 5.11 Å². The highest BCUT2D eigenvalue weighted by Gasteiger charge is 2.17. The van der Waals surface area contributed by atoms with E-state index < -0.39 is 6.10 Å². The van der Waals surface area contributed by atoms with Crippen LogP contribution in [0.5, 0.6) is 0 Å². The number of pyridine rings is 1. The molecule has 1 N–H and O–H groups in total. The largest absolute Gasteiger partial charge is 0.387 e. The molecule has 0 saturated carbocycles. The molecule has 0 saturated heterocycles. The summed E-state index contributed by atoms with van der Waals surface area (Å²) in [6, 6.07) is 12.0. The van der Waals surface area contributed by atoms with Crippen molar-refractivity contribution in [3.8, 4) is 11.3 Å². The summed E-state index contributed by atoms with van der Waals surface area (Å²) in [5.41, 5.74) is 4.65. The van der Waals surface area contributed by atoms with Gasteiger partial charge in [-0.2, -0.15) is 0 Å². The van der Waals surface area contributed by atoms with E-state index in [4.69, 9.17) is 0 Å². The third kappa shape index (κ3) is 2.25. The van der Waals surface area contributed by atoms with Crippen molar-refractivity contribution in [2.24, 2.45) is 0 Å². The van der Waals surface area contributed by atoms with Crippen molar-refractivity contribution in [2.45, 2.75) is 20.0 Å². The average Bonchev–Trinajstić information content (AvgIpc) is 2.78. The summed E-state index contributed by atoms with van der Waals surface area (Å²) in [5.74, 6) is 0. The maximum atomic E-state index is 10.1. The molecule has 0 amide bonds. The number of aliphatic hydroxyl groups excluding tert-OH is 1. The number of benzene rings is 1. The quantitative estimate of drug-likeness (QED) is 0.767. The van der Waals surface area contributed by atoms with E-state index in [1.807, 2.05) is 53.9 Å². The van der Waals surface area contributed by atoms with Crippen LogP contribution in [0.1, 0.15) is 24.3 Å². The first kappa shape index (κ1) is 13.3. The molecule has 0 aliphatic carbocycles. The van der Waals surface area contributed by atoms with E-state index in [2.05, 4.69) is 20.9 Å². The van der Waals surface area contributed by atoms with E-state index in [0.29, 0.717) is 0 Å². The molecule has 0 aliphatic rings. The molecule has 2 heterocycles. The van der Waals surface area contributed by atoms with Crippen LogP contribution in [0.4, 0.5) is 0 Å². The summed E-state index contributed by atoms with van der Waals surface area (Å²) in [6.07, 6.45) is 1.43. The number of aliphatic hydroxyl groups is 1. The number of rotatable bonds is 2. The van der Waals surface area contributed by atoms with Gasteiger partial charge in [-0.15, -0.1) is 0 Å². The number of hydrogen-bond acceptors (Lipinski definition) is 2. The Morgan fingerprint density at radius 1 is 1.15 bits per heavy atom. The number of halogens is 1. The van der Waals surface area contributed by atoms with Crippen molar-refractivity contribution in [3.63, 3.8) is 0 Å². The zero-order chi connectivity index (χ0) is 14.3. The van der Waals surface area contributed by atoms with Crippen LogP contribution in [0.2, 0.25) is 0 Å². The summed E-state index contributed by atoms with van der Waals surface area (Å²) in [5, 5.41) is 10.1. The lowest BCUT2D eigenvalue weighted by Crippen LogP contribution is -1.99. The second-order valence-electron chi connectivity index (χ2n) is 4.96. The molecule has 1 aromatic carbocycles.